The van der Waals surface area contributed by atoms with Crippen LogP contribution in [0.4, 0.5) is 0 Å². The molecule has 1 amide bonds. The SMILES string of the molecule is C[C@@H](O)c1ccc(CCNC(=O)/C=C/c2ccco2)s1. The monoisotopic (exact) mass is 291 g/mol. The molecule has 0 spiro atoms. The van der Waals surface area contributed by atoms with E-state index in [0.717, 1.165) is 16.2 Å². The van der Waals surface area contributed by atoms with Crippen molar-refractivity contribution in [3.8, 4) is 0 Å². The molecule has 0 aliphatic heterocycles. The van der Waals surface area contributed by atoms with Gasteiger partial charge in [-0.1, -0.05) is 0 Å². The van der Waals surface area contributed by atoms with Gasteiger partial charge in [-0.15, -0.1) is 11.3 Å². The average Bonchev–Trinajstić information content (AvgIpc) is 3.07. The summed E-state index contributed by atoms with van der Waals surface area (Å²) in [6, 6.07) is 7.46. The average molecular weight is 291 g/mol. The molecule has 0 aliphatic carbocycles. The number of nitrogens with one attached hydrogen (secondary N) is 1. The van der Waals surface area contributed by atoms with Crippen LogP contribution in [0, 0.1) is 0 Å². The predicted octanol–water partition coefficient (Wildman–Crippen LogP) is 2.77. The zero-order valence-corrected chi connectivity index (χ0v) is 12.0. The van der Waals surface area contributed by atoms with Crippen LogP contribution in [0.25, 0.3) is 6.08 Å². The zero-order valence-electron chi connectivity index (χ0n) is 11.2. The third-order valence-electron chi connectivity index (χ3n) is 2.71. The minimum Gasteiger partial charge on any atom is -0.465 e. The first-order valence-electron chi connectivity index (χ1n) is 6.41. The molecule has 0 aliphatic rings. The Labute approximate surface area is 121 Å². The van der Waals surface area contributed by atoms with Crippen molar-refractivity contribution >= 4 is 23.3 Å². The Morgan fingerprint density at radius 3 is 3.00 bits per heavy atom. The number of carbonyl (C=O) groups excluding carboxylic acids is 1. The summed E-state index contributed by atoms with van der Waals surface area (Å²) >= 11 is 1.57. The molecular formula is C15H17NO3S. The van der Waals surface area contributed by atoms with Crippen LogP contribution >= 0.6 is 11.3 Å². The lowest BCUT2D eigenvalue weighted by molar-refractivity contribution is -0.116. The maximum Gasteiger partial charge on any atom is 0.244 e. The van der Waals surface area contributed by atoms with Gasteiger partial charge in [-0.25, -0.2) is 0 Å². The molecule has 0 bridgehead atoms. The van der Waals surface area contributed by atoms with E-state index in [1.807, 2.05) is 12.1 Å². The summed E-state index contributed by atoms with van der Waals surface area (Å²) in [5, 5.41) is 12.2. The van der Waals surface area contributed by atoms with E-state index in [0.29, 0.717) is 12.3 Å². The molecule has 106 valence electrons. The van der Waals surface area contributed by atoms with Gasteiger partial charge in [0.2, 0.25) is 5.91 Å². The van der Waals surface area contributed by atoms with Crippen molar-refractivity contribution in [3.05, 3.63) is 52.1 Å². The summed E-state index contributed by atoms with van der Waals surface area (Å²) in [5.41, 5.74) is 0. The van der Waals surface area contributed by atoms with Gasteiger partial charge in [0.15, 0.2) is 0 Å². The first-order valence-corrected chi connectivity index (χ1v) is 7.23. The van der Waals surface area contributed by atoms with Gasteiger partial charge >= 0.3 is 0 Å². The van der Waals surface area contributed by atoms with Crippen LogP contribution in [0.2, 0.25) is 0 Å². The Bertz CT molecular complexity index is 570. The van der Waals surface area contributed by atoms with Crippen LogP contribution in [0.5, 0.6) is 0 Å². The summed E-state index contributed by atoms with van der Waals surface area (Å²) in [6.07, 6.45) is 4.98. The van der Waals surface area contributed by atoms with Gasteiger partial charge in [0, 0.05) is 22.4 Å². The van der Waals surface area contributed by atoms with E-state index in [1.165, 1.54) is 6.08 Å². The van der Waals surface area contributed by atoms with Crippen LogP contribution in [0.15, 0.2) is 41.0 Å². The number of hydrogen-bond acceptors (Lipinski definition) is 4. The highest BCUT2D eigenvalue weighted by Crippen LogP contribution is 2.22. The van der Waals surface area contributed by atoms with E-state index in [-0.39, 0.29) is 5.91 Å². The van der Waals surface area contributed by atoms with E-state index in [2.05, 4.69) is 5.32 Å². The van der Waals surface area contributed by atoms with Crippen molar-refractivity contribution in [2.45, 2.75) is 19.4 Å². The van der Waals surface area contributed by atoms with Gasteiger partial charge in [-0.3, -0.25) is 4.79 Å². The van der Waals surface area contributed by atoms with Crippen molar-refractivity contribution in [1.82, 2.24) is 5.32 Å². The quantitative estimate of drug-likeness (QED) is 0.804. The molecule has 0 unspecified atom stereocenters. The first kappa shape index (κ1) is 14.6. The second-order valence-corrected chi connectivity index (χ2v) is 5.57. The summed E-state index contributed by atoms with van der Waals surface area (Å²) in [5.74, 6) is 0.508. The highest BCUT2D eigenvalue weighted by molar-refractivity contribution is 7.12. The van der Waals surface area contributed by atoms with Crippen LogP contribution in [-0.4, -0.2) is 17.6 Å². The molecule has 0 saturated carbocycles. The van der Waals surface area contributed by atoms with Crippen molar-refractivity contribution in [1.29, 1.82) is 0 Å². The first-order chi connectivity index (χ1) is 9.65. The van der Waals surface area contributed by atoms with Crippen molar-refractivity contribution in [3.63, 3.8) is 0 Å². The fourth-order valence-electron chi connectivity index (χ4n) is 1.67. The van der Waals surface area contributed by atoms with E-state index in [1.54, 1.807) is 42.7 Å². The summed E-state index contributed by atoms with van der Waals surface area (Å²) in [7, 11) is 0. The Kier molecular flexibility index (Phi) is 5.15. The third kappa shape index (κ3) is 4.36. The minimum atomic E-state index is -0.431. The molecule has 2 N–H and O–H groups in total. The lowest BCUT2D eigenvalue weighted by Gasteiger charge is -2.00. The molecule has 5 heteroatoms. The number of aliphatic hydroxyl groups is 1. The molecular weight excluding hydrogens is 274 g/mol. The van der Waals surface area contributed by atoms with E-state index >= 15 is 0 Å². The van der Waals surface area contributed by atoms with Crippen LogP contribution < -0.4 is 5.32 Å². The van der Waals surface area contributed by atoms with Gasteiger partial charge in [0.05, 0.1) is 12.4 Å². The Morgan fingerprint density at radius 1 is 1.50 bits per heavy atom. The van der Waals surface area contributed by atoms with Crippen LogP contribution in [0.1, 0.15) is 28.5 Å². The molecule has 2 aromatic heterocycles. The number of hydrogen-bond donors (Lipinski definition) is 2. The highest BCUT2D eigenvalue weighted by Gasteiger charge is 2.05. The number of amides is 1. The van der Waals surface area contributed by atoms with Gasteiger partial charge in [0.25, 0.3) is 0 Å². The Balaban J connectivity index is 1.73. The standard InChI is InChI=1S/C15H17NO3S/c1-11(17)14-6-5-13(20-14)8-9-16-15(18)7-4-12-3-2-10-19-12/h2-7,10-11,17H,8-9H2,1H3,(H,16,18)/b7-4+/t11-/m1/s1. The molecule has 2 rings (SSSR count). The summed E-state index contributed by atoms with van der Waals surface area (Å²) in [6.45, 7) is 2.32. The van der Waals surface area contributed by atoms with Gasteiger partial charge < -0.3 is 14.8 Å². The molecule has 0 saturated heterocycles. The normalized spacial score (nSPS) is 12.7. The molecule has 2 heterocycles. The molecule has 0 fully saturated rings. The molecule has 0 aromatic carbocycles. The lowest BCUT2D eigenvalue weighted by atomic mass is 10.3. The number of rotatable bonds is 6. The second kappa shape index (κ2) is 7.07. The second-order valence-electron chi connectivity index (χ2n) is 4.37. The smallest absolute Gasteiger partial charge is 0.244 e. The topological polar surface area (TPSA) is 62.5 Å². The zero-order chi connectivity index (χ0) is 14.4. The fraction of sp³-hybridized carbons (Fsp3) is 0.267. The molecule has 0 radical (unpaired) electrons. The fourth-order valence-corrected chi connectivity index (χ4v) is 2.61. The summed E-state index contributed by atoms with van der Waals surface area (Å²) in [4.78, 5) is 13.7. The molecule has 2 aromatic rings. The number of furan rings is 1. The largest absolute Gasteiger partial charge is 0.465 e. The maximum absolute atomic E-state index is 11.6. The lowest BCUT2D eigenvalue weighted by Crippen LogP contribution is -2.23. The third-order valence-corrected chi connectivity index (χ3v) is 4.02. The minimum absolute atomic E-state index is 0.145. The Hall–Kier alpha value is -1.85. The van der Waals surface area contributed by atoms with Crippen molar-refractivity contribution < 1.29 is 14.3 Å². The van der Waals surface area contributed by atoms with E-state index < -0.39 is 6.10 Å². The summed E-state index contributed by atoms with van der Waals surface area (Å²) < 4.78 is 5.09. The van der Waals surface area contributed by atoms with E-state index in [9.17, 15) is 9.90 Å². The number of thiophene rings is 1. The van der Waals surface area contributed by atoms with Gasteiger partial charge in [-0.2, -0.15) is 0 Å². The van der Waals surface area contributed by atoms with Gasteiger partial charge in [-0.05, 0) is 43.7 Å². The molecule has 20 heavy (non-hydrogen) atoms. The van der Waals surface area contributed by atoms with Gasteiger partial charge in [0.1, 0.15) is 5.76 Å². The Morgan fingerprint density at radius 2 is 2.35 bits per heavy atom. The van der Waals surface area contributed by atoms with E-state index in [4.69, 9.17) is 4.42 Å². The molecule has 1 atom stereocenters. The van der Waals surface area contributed by atoms with Crippen LogP contribution in [0.3, 0.4) is 0 Å². The van der Waals surface area contributed by atoms with Crippen LogP contribution in [-0.2, 0) is 11.2 Å². The molecule has 4 nitrogen and oxygen atoms in total. The predicted molar refractivity (Wildman–Crippen MR) is 79.4 cm³/mol. The van der Waals surface area contributed by atoms with Crippen molar-refractivity contribution in [2.75, 3.05) is 6.54 Å². The highest BCUT2D eigenvalue weighted by atomic mass is 32.1. The van der Waals surface area contributed by atoms with Crippen molar-refractivity contribution in [2.24, 2.45) is 0 Å². The maximum atomic E-state index is 11.6. The number of aliphatic hydroxyl groups excluding tert-OH is 1. The number of carbonyl (C=O) groups is 1.